The number of aliphatic hydroxyl groups is 1. The van der Waals surface area contributed by atoms with Gasteiger partial charge in [0.25, 0.3) is 5.56 Å². The molecule has 0 aliphatic carbocycles. The Kier molecular flexibility index (Phi) is 4.60. The van der Waals surface area contributed by atoms with Crippen LogP contribution < -0.4 is 15.6 Å². The van der Waals surface area contributed by atoms with Gasteiger partial charge in [-0.2, -0.15) is 5.10 Å². The Morgan fingerprint density at radius 3 is 2.67 bits per heavy atom. The van der Waals surface area contributed by atoms with E-state index >= 15 is 0 Å². The number of pyridine rings is 1. The van der Waals surface area contributed by atoms with E-state index < -0.39 is 17.1 Å². The number of ether oxygens (including phenoxy) is 1. The third kappa shape index (κ3) is 3.46. The zero-order chi connectivity index (χ0) is 23.3. The smallest absolute Gasteiger partial charge is 0.261 e. The minimum atomic E-state index is -1.77. The molecule has 5 rings (SSSR count). The second-order valence-electron chi connectivity index (χ2n) is 7.63. The van der Waals surface area contributed by atoms with E-state index in [-0.39, 0.29) is 28.4 Å². The Morgan fingerprint density at radius 2 is 1.94 bits per heavy atom. The van der Waals surface area contributed by atoms with Crippen molar-refractivity contribution in [3.8, 4) is 17.1 Å². The summed E-state index contributed by atoms with van der Waals surface area (Å²) in [6, 6.07) is 4.39. The molecular weight excluding hydrogens is 431 g/mol. The number of methoxy groups -OCH3 is 1. The van der Waals surface area contributed by atoms with Crippen molar-refractivity contribution >= 4 is 27.8 Å². The highest BCUT2D eigenvalue weighted by atomic mass is 19.1. The van der Waals surface area contributed by atoms with Crippen molar-refractivity contribution in [1.82, 2.24) is 34.7 Å². The van der Waals surface area contributed by atoms with Gasteiger partial charge in [0.1, 0.15) is 28.2 Å². The highest BCUT2D eigenvalue weighted by Crippen LogP contribution is 2.34. The predicted molar refractivity (Wildman–Crippen MR) is 118 cm³/mol. The molecule has 4 heterocycles. The molecular formula is C21H19FN8O3. The molecule has 1 atom stereocenters. The van der Waals surface area contributed by atoms with Gasteiger partial charge in [-0.1, -0.05) is 0 Å². The van der Waals surface area contributed by atoms with E-state index in [1.165, 1.54) is 37.2 Å². The predicted octanol–water partition coefficient (Wildman–Crippen LogP) is 2.02. The number of hydrogen-bond acceptors (Lipinski definition) is 8. The number of imidazole rings is 1. The first kappa shape index (κ1) is 20.6. The van der Waals surface area contributed by atoms with E-state index in [2.05, 4.69) is 35.3 Å². The first-order valence-electron chi connectivity index (χ1n) is 9.88. The molecule has 33 heavy (non-hydrogen) atoms. The quantitative estimate of drug-likeness (QED) is 0.298. The molecule has 0 spiro atoms. The molecule has 0 saturated carbocycles. The number of nitrogens with zero attached hydrogens (tertiary/aromatic N) is 5. The average molecular weight is 450 g/mol. The number of H-pyrrole nitrogens is 2. The molecule has 0 fully saturated rings. The lowest BCUT2D eigenvalue weighted by molar-refractivity contribution is 0.0790. The molecule has 0 radical (unpaired) electrons. The Labute approximate surface area is 185 Å². The maximum absolute atomic E-state index is 14.6. The van der Waals surface area contributed by atoms with Crippen LogP contribution in [0.15, 0.2) is 41.6 Å². The zero-order valence-electron chi connectivity index (χ0n) is 17.8. The van der Waals surface area contributed by atoms with Gasteiger partial charge < -0.3 is 25.1 Å². The Hall–Kier alpha value is -4.32. The number of rotatable bonds is 5. The fraction of sp³-hybridized carbons (Fsp3) is 0.190. The molecule has 0 aliphatic heterocycles. The van der Waals surface area contributed by atoms with Crippen LogP contribution in [-0.4, -0.2) is 46.9 Å². The molecule has 5 aromatic rings. The van der Waals surface area contributed by atoms with Crippen molar-refractivity contribution in [1.29, 1.82) is 0 Å². The molecule has 1 aromatic carbocycles. The monoisotopic (exact) mass is 450 g/mol. The summed E-state index contributed by atoms with van der Waals surface area (Å²) in [5.74, 6) is -0.146. The van der Waals surface area contributed by atoms with Gasteiger partial charge in [-0.25, -0.2) is 19.3 Å². The molecule has 12 heteroatoms. The first-order chi connectivity index (χ1) is 15.8. The second-order valence-corrected chi connectivity index (χ2v) is 7.63. The topological polar surface area (TPSA) is 147 Å². The molecule has 4 N–H and O–H groups in total. The molecule has 0 saturated heterocycles. The summed E-state index contributed by atoms with van der Waals surface area (Å²) in [6.07, 6.45) is 4.61. The number of aromatic nitrogens is 7. The summed E-state index contributed by atoms with van der Waals surface area (Å²) in [5.41, 5.74) is -0.903. The van der Waals surface area contributed by atoms with Crippen molar-refractivity contribution in [2.45, 2.75) is 12.6 Å². The van der Waals surface area contributed by atoms with Crippen LogP contribution in [0.1, 0.15) is 12.7 Å². The fourth-order valence-corrected chi connectivity index (χ4v) is 3.67. The summed E-state index contributed by atoms with van der Waals surface area (Å²) in [4.78, 5) is 31.4. The van der Waals surface area contributed by atoms with Gasteiger partial charge in [0.15, 0.2) is 17.4 Å². The van der Waals surface area contributed by atoms with Gasteiger partial charge in [-0.3, -0.25) is 9.48 Å². The van der Waals surface area contributed by atoms with Crippen LogP contribution in [0.2, 0.25) is 0 Å². The van der Waals surface area contributed by atoms with E-state index in [0.717, 1.165) is 0 Å². The highest BCUT2D eigenvalue weighted by Gasteiger charge is 2.31. The van der Waals surface area contributed by atoms with Gasteiger partial charge in [-0.15, -0.1) is 0 Å². The molecule has 0 aliphatic rings. The van der Waals surface area contributed by atoms with E-state index in [1.807, 2.05) is 0 Å². The number of hydrogen-bond donors (Lipinski definition) is 4. The normalized spacial score (nSPS) is 13.4. The van der Waals surface area contributed by atoms with Gasteiger partial charge >= 0.3 is 0 Å². The highest BCUT2D eigenvalue weighted by molar-refractivity contribution is 5.96. The molecule has 168 valence electrons. The summed E-state index contributed by atoms with van der Waals surface area (Å²) in [6.45, 7) is 1.45. The van der Waals surface area contributed by atoms with Crippen molar-refractivity contribution < 1.29 is 14.2 Å². The van der Waals surface area contributed by atoms with Crippen LogP contribution in [0.5, 0.6) is 5.75 Å². The summed E-state index contributed by atoms with van der Waals surface area (Å²) >= 11 is 0. The summed E-state index contributed by atoms with van der Waals surface area (Å²) < 4.78 is 21.2. The zero-order valence-corrected chi connectivity index (χ0v) is 17.8. The third-order valence-corrected chi connectivity index (χ3v) is 5.15. The number of aromatic amines is 2. The van der Waals surface area contributed by atoms with Gasteiger partial charge in [0.2, 0.25) is 0 Å². The van der Waals surface area contributed by atoms with Gasteiger partial charge in [-0.05, 0) is 13.0 Å². The van der Waals surface area contributed by atoms with Crippen LogP contribution in [0.25, 0.3) is 33.5 Å². The number of benzene rings is 1. The standard InChI is InChI=1S/C21H19FN8O3/c1-21(32,20-23-5-4-6-24-20)28-17-14(19(31)26-13-9-30(2)29-16(13)17)18-25-12-8-10(33-3)7-11(22)15(12)27-18/h4-9,28,32H,1-3H3,(H,25,27)(H,26,31). The SMILES string of the molecule is COc1cc(F)c2nc(-c3c(NC(C)(O)c4ncccn4)c4nn(C)cc4[nH]c3=O)[nH]c2c1. The Bertz CT molecular complexity index is 1560. The van der Waals surface area contributed by atoms with Crippen LogP contribution in [0.3, 0.4) is 0 Å². The van der Waals surface area contributed by atoms with Gasteiger partial charge in [0, 0.05) is 37.8 Å². The molecule has 4 aromatic heterocycles. The maximum Gasteiger partial charge on any atom is 0.261 e. The Morgan fingerprint density at radius 1 is 1.18 bits per heavy atom. The molecule has 0 bridgehead atoms. The minimum Gasteiger partial charge on any atom is -0.497 e. The lowest BCUT2D eigenvalue weighted by atomic mass is 10.1. The molecule has 1 unspecified atom stereocenters. The van der Waals surface area contributed by atoms with E-state index in [4.69, 9.17) is 4.74 Å². The van der Waals surface area contributed by atoms with E-state index in [0.29, 0.717) is 22.3 Å². The van der Waals surface area contributed by atoms with Crippen molar-refractivity contribution in [2.75, 3.05) is 12.4 Å². The largest absolute Gasteiger partial charge is 0.497 e. The van der Waals surface area contributed by atoms with Crippen LogP contribution in [0.4, 0.5) is 10.1 Å². The first-order valence-corrected chi connectivity index (χ1v) is 9.88. The van der Waals surface area contributed by atoms with Crippen LogP contribution in [-0.2, 0) is 12.8 Å². The summed E-state index contributed by atoms with van der Waals surface area (Å²) in [5, 5.41) is 18.5. The number of anilines is 1. The number of halogens is 1. The average Bonchev–Trinajstić information content (AvgIpc) is 3.37. The van der Waals surface area contributed by atoms with Crippen LogP contribution >= 0.6 is 0 Å². The summed E-state index contributed by atoms with van der Waals surface area (Å²) in [7, 11) is 3.12. The maximum atomic E-state index is 14.6. The number of fused-ring (bicyclic) bond motifs is 2. The van der Waals surface area contributed by atoms with Gasteiger partial charge in [0.05, 0.1) is 23.8 Å². The van der Waals surface area contributed by atoms with Crippen molar-refractivity contribution in [3.63, 3.8) is 0 Å². The second kappa shape index (κ2) is 7.38. The lowest BCUT2D eigenvalue weighted by Crippen LogP contribution is -2.34. The van der Waals surface area contributed by atoms with Crippen LogP contribution in [0, 0.1) is 5.82 Å². The molecule has 0 amide bonds. The Balaban J connectivity index is 1.76. The van der Waals surface area contributed by atoms with E-state index in [9.17, 15) is 14.3 Å². The molecule has 11 nitrogen and oxygen atoms in total. The fourth-order valence-electron chi connectivity index (χ4n) is 3.67. The third-order valence-electron chi connectivity index (χ3n) is 5.15. The van der Waals surface area contributed by atoms with Crippen molar-refractivity contribution in [3.05, 3.63) is 58.8 Å². The number of nitrogens with one attached hydrogen (secondary N) is 3. The lowest BCUT2D eigenvalue weighted by Gasteiger charge is -2.25. The number of aryl methyl sites for hydroxylation is 1. The van der Waals surface area contributed by atoms with Crippen molar-refractivity contribution in [2.24, 2.45) is 7.05 Å². The minimum absolute atomic E-state index is 0.0342. The van der Waals surface area contributed by atoms with E-state index in [1.54, 1.807) is 25.4 Å².